The van der Waals surface area contributed by atoms with Gasteiger partial charge in [-0.25, -0.2) is 9.78 Å². The minimum atomic E-state index is -0.576. The van der Waals surface area contributed by atoms with Crippen LogP contribution in [0.5, 0.6) is 5.75 Å². The van der Waals surface area contributed by atoms with Crippen LogP contribution in [0, 0.1) is 6.92 Å². The van der Waals surface area contributed by atoms with E-state index >= 15 is 0 Å². The molecule has 1 unspecified atom stereocenters. The SMILES string of the molecule is COc1ccc(C)cc1-n1c(C(C)N(CCc2ccccc2)C(=O)Nc2cccc(Br)c2)nc2ccccc2c1=O. The molecule has 0 aliphatic carbocycles. The Labute approximate surface area is 247 Å². The molecular weight excluding hydrogens is 580 g/mol. The summed E-state index contributed by atoms with van der Waals surface area (Å²) in [5.74, 6) is 0.979. The molecule has 0 aliphatic rings. The van der Waals surface area contributed by atoms with Gasteiger partial charge in [-0.2, -0.15) is 0 Å². The molecule has 208 valence electrons. The smallest absolute Gasteiger partial charge is 0.322 e. The number of urea groups is 1. The number of rotatable bonds is 8. The maximum Gasteiger partial charge on any atom is 0.322 e. The fourth-order valence-electron chi connectivity index (χ4n) is 4.90. The normalized spacial score (nSPS) is 11.7. The molecule has 0 radical (unpaired) electrons. The average Bonchev–Trinajstić information content (AvgIpc) is 2.97. The summed E-state index contributed by atoms with van der Waals surface area (Å²) in [4.78, 5) is 34.7. The van der Waals surface area contributed by atoms with Crippen LogP contribution in [0.25, 0.3) is 16.6 Å². The molecule has 41 heavy (non-hydrogen) atoms. The summed E-state index contributed by atoms with van der Waals surface area (Å²) in [6.07, 6.45) is 0.628. The highest BCUT2D eigenvalue weighted by atomic mass is 79.9. The number of nitrogens with zero attached hydrogens (tertiary/aromatic N) is 3. The van der Waals surface area contributed by atoms with Crippen LogP contribution >= 0.6 is 15.9 Å². The number of hydrogen-bond acceptors (Lipinski definition) is 4. The lowest BCUT2D eigenvalue weighted by Crippen LogP contribution is -2.41. The zero-order chi connectivity index (χ0) is 28.9. The van der Waals surface area contributed by atoms with Gasteiger partial charge in [0.1, 0.15) is 11.6 Å². The minimum Gasteiger partial charge on any atom is -0.495 e. The fraction of sp³-hybridized carbons (Fsp3) is 0.182. The molecule has 0 aliphatic heterocycles. The predicted molar refractivity (Wildman–Crippen MR) is 167 cm³/mol. The summed E-state index contributed by atoms with van der Waals surface area (Å²) in [6.45, 7) is 4.27. The number of benzene rings is 4. The first kappa shape index (κ1) is 28.1. The van der Waals surface area contributed by atoms with E-state index in [1.54, 1.807) is 22.6 Å². The number of carbonyl (C=O) groups excluding carboxylic acids is 1. The van der Waals surface area contributed by atoms with E-state index in [0.717, 1.165) is 15.6 Å². The van der Waals surface area contributed by atoms with Crippen LogP contribution in [0.3, 0.4) is 0 Å². The zero-order valence-electron chi connectivity index (χ0n) is 23.2. The van der Waals surface area contributed by atoms with Gasteiger partial charge in [-0.15, -0.1) is 0 Å². The first-order chi connectivity index (χ1) is 19.9. The van der Waals surface area contributed by atoms with Crippen LogP contribution < -0.4 is 15.6 Å². The Morgan fingerprint density at radius 3 is 2.51 bits per heavy atom. The van der Waals surface area contributed by atoms with E-state index < -0.39 is 6.04 Å². The van der Waals surface area contributed by atoms with E-state index in [1.165, 1.54) is 0 Å². The van der Waals surface area contributed by atoms with Gasteiger partial charge in [0.15, 0.2) is 0 Å². The molecule has 0 fully saturated rings. The summed E-state index contributed by atoms with van der Waals surface area (Å²) in [7, 11) is 1.58. The first-order valence-electron chi connectivity index (χ1n) is 13.4. The number of hydrogen-bond donors (Lipinski definition) is 1. The van der Waals surface area contributed by atoms with E-state index in [0.29, 0.717) is 46.8 Å². The standard InChI is InChI=1S/C33H31BrN4O3/c1-22-16-17-30(41-3)29(20-22)38-31(36-28-15-8-7-14-27(28)32(38)39)23(2)37(19-18-24-10-5-4-6-11-24)33(40)35-26-13-9-12-25(34)21-26/h4-17,20-21,23H,18-19H2,1-3H3,(H,35,40). The second-order valence-corrected chi connectivity index (χ2v) is 10.8. The number of halogens is 1. The summed E-state index contributed by atoms with van der Waals surface area (Å²) in [5, 5.41) is 3.52. The Bertz CT molecular complexity index is 1750. The van der Waals surface area contributed by atoms with Crippen LogP contribution in [0.2, 0.25) is 0 Å². The second kappa shape index (κ2) is 12.4. The molecule has 1 aromatic heterocycles. The van der Waals surface area contributed by atoms with Crippen molar-refractivity contribution in [3.05, 3.63) is 129 Å². The summed E-state index contributed by atoms with van der Waals surface area (Å²) in [6, 6.07) is 29.5. The van der Waals surface area contributed by atoms with Gasteiger partial charge < -0.3 is 15.0 Å². The van der Waals surface area contributed by atoms with Gasteiger partial charge in [-0.05, 0) is 73.9 Å². The molecule has 1 atom stereocenters. The van der Waals surface area contributed by atoms with E-state index in [9.17, 15) is 9.59 Å². The molecule has 5 aromatic rings. The number of methoxy groups -OCH3 is 1. The number of fused-ring (bicyclic) bond motifs is 1. The molecule has 4 aromatic carbocycles. The van der Waals surface area contributed by atoms with Crippen LogP contribution in [0.1, 0.15) is 29.9 Å². The third-order valence-corrected chi connectivity index (χ3v) is 7.53. The average molecular weight is 612 g/mol. The van der Waals surface area contributed by atoms with Crippen molar-refractivity contribution in [2.24, 2.45) is 0 Å². The number of aryl methyl sites for hydroxylation is 1. The molecule has 0 bridgehead atoms. The number of amides is 2. The van der Waals surface area contributed by atoms with Crippen LogP contribution in [-0.2, 0) is 6.42 Å². The number of para-hydroxylation sites is 1. The van der Waals surface area contributed by atoms with Crippen molar-refractivity contribution in [2.75, 3.05) is 19.0 Å². The van der Waals surface area contributed by atoms with Crippen LogP contribution in [0.4, 0.5) is 10.5 Å². The Morgan fingerprint density at radius 2 is 1.76 bits per heavy atom. The van der Waals surface area contributed by atoms with E-state index in [-0.39, 0.29) is 11.6 Å². The quantitative estimate of drug-likeness (QED) is 0.200. The maximum atomic E-state index is 14.1. The van der Waals surface area contributed by atoms with Gasteiger partial charge in [0.2, 0.25) is 0 Å². The van der Waals surface area contributed by atoms with Crippen LogP contribution in [0.15, 0.2) is 106 Å². The largest absolute Gasteiger partial charge is 0.495 e. The van der Waals surface area contributed by atoms with Crippen molar-refractivity contribution in [2.45, 2.75) is 26.3 Å². The molecule has 0 spiro atoms. The van der Waals surface area contributed by atoms with E-state index in [2.05, 4.69) is 21.2 Å². The molecule has 5 rings (SSSR count). The molecule has 1 N–H and O–H groups in total. The fourth-order valence-corrected chi connectivity index (χ4v) is 5.30. The second-order valence-electron chi connectivity index (χ2n) is 9.85. The maximum absolute atomic E-state index is 14.1. The van der Waals surface area contributed by atoms with Crippen molar-refractivity contribution in [1.82, 2.24) is 14.5 Å². The van der Waals surface area contributed by atoms with Crippen LogP contribution in [-0.4, -0.2) is 34.1 Å². The van der Waals surface area contributed by atoms with Crippen molar-refractivity contribution >= 4 is 38.6 Å². The Balaban J connectivity index is 1.65. The molecular formula is C33H31BrN4O3. The van der Waals surface area contributed by atoms with E-state index in [4.69, 9.17) is 9.72 Å². The first-order valence-corrected chi connectivity index (χ1v) is 14.2. The molecule has 8 heteroatoms. The van der Waals surface area contributed by atoms with Gasteiger partial charge in [0, 0.05) is 16.7 Å². The highest BCUT2D eigenvalue weighted by Gasteiger charge is 2.28. The number of aromatic nitrogens is 2. The molecule has 7 nitrogen and oxygen atoms in total. The Kier molecular flexibility index (Phi) is 8.50. The minimum absolute atomic E-state index is 0.225. The predicted octanol–water partition coefficient (Wildman–Crippen LogP) is 7.30. The van der Waals surface area contributed by atoms with Gasteiger partial charge >= 0.3 is 6.03 Å². The van der Waals surface area contributed by atoms with Gasteiger partial charge in [0.05, 0.1) is 29.7 Å². The van der Waals surface area contributed by atoms with Gasteiger partial charge in [0.25, 0.3) is 5.56 Å². The molecule has 2 amide bonds. The zero-order valence-corrected chi connectivity index (χ0v) is 24.8. The molecule has 1 heterocycles. The Morgan fingerprint density at radius 1 is 1.00 bits per heavy atom. The van der Waals surface area contributed by atoms with E-state index in [1.807, 2.05) is 105 Å². The van der Waals surface area contributed by atoms with Crippen molar-refractivity contribution in [3.63, 3.8) is 0 Å². The third-order valence-electron chi connectivity index (χ3n) is 7.04. The van der Waals surface area contributed by atoms with Gasteiger partial charge in [-0.3, -0.25) is 9.36 Å². The summed E-state index contributed by atoms with van der Waals surface area (Å²) in [5.41, 5.74) is 3.64. The monoisotopic (exact) mass is 610 g/mol. The van der Waals surface area contributed by atoms with Crippen molar-refractivity contribution in [3.8, 4) is 11.4 Å². The van der Waals surface area contributed by atoms with Crippen molar-refractivity contribution < 1.29 is 9.53 Å². The lowest BCUT2D eigenvalue weighted by atomic mass is 10.1. The molecule has 0 saturated carbocycles. The van der Waals surface area contributed by atoms with Crippen molar-refractivity contribution in [1.29, 1.82) is 0 Å². The summed E-state index contributed by atoms with van der Waals surface area (Å²) < 4.78 is 8.12. The summed E-state index contributed by atoms with van der Waals surface area (Å²) >= 11 is 3.48. The highest BCUT2D eigenvalue weighted by molar-refractivity contribution is 9.10. The topological polar surface area (TPSA) is 76.5 Å². The molecule has 0 saturated heterocycles. The van der Waals surface area contributed by atoms with Gasteiger partial charge in [-0.1, -0.05) is 70.5 Å². The highest BCUT2D eigenvalue weighted by Crippen LogP contribution is 2.29. The number of carbonyl (C=O) groups is 1. The Hall–Kier alpha value is -4.43. The number of nitrogens with one attached hydrogen (secondary N) is 1. The lowest BCUT2D eigenvalue weighted by molar-refractivity contribution is 0.190. The number of anilines is 1. The lowest BCUT2D eigenvalue weighted by Gasteiger charge is -2.31. The third kappa shape index (κ3) is 6.18. The number of ether oxygens (including phenoxy) is 1.